The lowest BCUT2D eigenvalue weighted by atomic mass is 10.2. The third-order valence-electron chi connectivity index (χ3n) is 3.92. The minimum Gasteiger partial charge on any atom is -0.451 e. The van der Waals surface area contributed by atoms with Crippen molar-refractivity contribution in [1.82, 2.24) is 15.1 Å². The molecule has 1 N–H and O–H groups in total. The van der Waals surface area contributed by atoms with Gasteiger partial charge in [-0.1, -0.05) is 36.0 Å². The fourth-order valence-electron chi connectivity index (χ4n) is 2.68. The number of furan rings is 1. The number of hydrogen-bond acceptors (Lipinski definition) is 7. The fraction of sp³-hybridized carbons (Fsp3) is 0.222. The summed E-state index contributed by atoms with van der Waals surface area (Å²) in [6.45, 7) is 3.72. The number of aromatic nitrogens is 3. The average molecular weight is 368 g/mol. The number of anilines is 1. The Hall–Kier alpha value is -2.87. The van der Waals surface area contributed by atoms with Gasteiger partial charge in [-0.25, -0.2) is 9.97 Å². The number of nitrogens with zero attached hydrogens (tertiary/aromatic N) is 3. The Labute approximate surface area is 153 Å². The second-order valence-electron chi connectivity index (χ2n) is 5.78. The zero-order valence-corrected chi connectivity index (χ0v) is 15.0. The molecule has 0 spiro atoms. The molecule has 8 heteroatoms. The molecule has 132 valence electrons. The van der Waals surface area contributed by atoms with E-state index in [9.17, 15) is 4.79 Å². The fourth-order valence-corrected chi connectivity index (χ4v) is 3.63. The van der Waals surface area contributed by atoms with E-state index in [4.69, 9.17) is 8.94 Å². The van der Waals surface area contributed by atoms with Crippen LogP contribution in [0.2, 0.25) is 0 Å². The monoisotopic (exact) mass is 368 g/mol. The molecule has 0 unspecified atom stereocenters. The molecule has 26 heavy (non-hydrogen) atoms. The number of benzene rings is 1. The molecule has 1 amide bonds. The van der Waals surface area contributed by atoms with Gasteiger partial charge in [0, 0.05) is 11.5 Å². The van der Waals surface area contributed by atoms with E-state index in [1.54, 1.807) is 13.0 Å². The predicted molar refractivity (Wildman–Crippen MR) is 99.1 cm³/mol. The molecule has 0 saturated heterocycles. The molecular weight excluding hydrogens is 352 g/mol. The number of amides is 1. The molecule has 0 aliphatic heterocycles. The summed E-state index contributed by atoms with van der Waals surface area (Å²) >= 11 is 1.35. The molecule has 1 aromatic carbocycles. The van der Waals surface area contributed by atoms with E-state index in [0.717, 1.165) is 16.5 Å². The Balaban J connectivity index is 1.63. The molecule has 0 bridgehead atoms. The first-order chi connectivity index (χ1) is 12.7. The highest BCUT2D eigenvalue weighted by molar-refractivity contribution is 8.00. The lowest BCUT2D eigenvalue weighted by Gasteiger charge is -2.12. The van der Waals surface area contributed by atoms with Crippen molar-refractivity contribution in [2.75, 3.05) is 5.32 Å². The van der Waals surface area contributed by atoms with Crippen LogP contribution in [0.15, 0.2) is 50.6 Å². The van der Waals surface area contributed by atoms with E-state index in [0.29, 0.717) is 28.6 Å². The van der Waals surface area contributed by atoms with Gasteiger partial charge in [-0.3, -0.25) is 4.79 Å². The van der Waals surface area contributed by atoms with Crippen molar-refractivity contribution >= 4 is 45.6 Å². The topological polar surface area (TPSA) is 94.0 Å². The lowest BCUT2D eigenvalue weighted by molar-refractivity contribution is -0.115. The van der Waals surface area contributed by atoms with E-state index in [2.05, 4.69) is 20.4 Å². The summed E-state index contributed by atoms with van der Waals surface area (Å²) in [7, 11) is 0. The van der Waals surface area contributed by atoms with Crippen LogP contribution in [0.1, 0.15) is 19.1 Å². The summed E-state index contributed by atoms with van der Waals surface area (Å²) in [5.41, 5.74) is 2.10. The Morgan fingerprint density at radius 2 is 2.15 bits per heavy atom. The zero-order valence-electron chi connectivity index (χ0n) is 14.2. The van der Waals surface area contributed by atoms with Gasteiger partial charge in [-0.15, -0.1) is 0 Å². The van der Waals surface area contributed by atoms with Gasteiger partial charge in [-0.2, -0.15) is 0 Å². The van der Waals surface area contributed by atoms with Crippen molar-refractivity contribution in [1.29, 1.82) is 0 Å². The van der Waals surface area contributed by atoms with E-state index in [1.807, 2.05) is 31.2 Å². The van der Waals surface area contributed by atoms with Crippen LogP contribution >= 0.6 is 11.8 Å². The Kier molecular flexibility index (Phi) is 4.34. The third-order valence-corrected chi connectivity index (χ3v) is 5.27. The largest absolute Gasteiger partial charge is 0.451 e. The van der Waals surface area contributed by atoms with Crippen LogP contribution in [-0.4, -0.2) is 26.3 Å². The molecule has 0 aliphatic rings. The lowest BCUT2D eigenvalue weighted by Crippen LogP contribution is -2.24. The normalized spacial score (nSPS) is 12.5. The summed E-state index contributed by atoms with van der Waals surface area (Å²) in [5, 5.41) is 7.79. The maximum absolute atomic E-state index is 12.6. The number of nitrogens with one attached hydrogen (secondary N) is 1. The van der Waals surface area contributed by atoms with E-state index >= 15 is 0 Å². The zero-order chi connectivity index (χ0) is 18.1. The number of para-hydroxylation sites is 1. The average Bonchev–Trinajstić information content (AvgIpc) is 3.23. The summed E-state index contributed by atoms with van der Waals surface area (Å²) in [5.74, 6) is 0.887. The second-order valence-corrected chi connectivity index (χ2v) is 6.97. The quantitative estimate of drug-likeness (QED) is 0.417. The van der Waals surface area contributed by atoms with Crippen LogP contribution in [0, 0.1) is 6.92 Å². The first kappa shape index (κ1) is 16.6. The number of aryl methyl sites for hydroxylation is 1. The molecule has 0 aliphatic carbocycles. The van der Waals surface area contributed by atoms with Gasteiger partial charge in [0.25, 0.3) is 0 Å². The third kappa shape index (κ3) is 3.03. The van der Waals surface area contributed by atoms with Crippen LogP contribution in [-0.2, 0) is 4.79 Å². The first-order valence-electron chi connectivity index (χ1n) is 8.18. The molecule has 4 rings (SSSR count). The van der Waals surface area contributed by atoms with Gasteiger partial charge in [-0.05, 0) is 25.5 Å². The molecule has 7 nitrogen and oxygen atoms in total. The van der Waals surface area contributed by atoms with Crippen molar-refractivity contribution < 1.29 is 13.7 Å². The smallest absolute Gasteiger partial charge is 0.239 e. The minimum atomic E-state index is -0.349. The molecule has 4 aromatic rings. The van der Waals surface area contributed by atoms with Crippen molar-refractivity contribution in [3.05, 3.63) is 42.4 Å². The summed E-state index contributed by atoms with van der Waals surface area (Å²) in [4.78, 5) is 21.2. The number of thioether (sulfide) groups is 1. The van der Waals surface area contributed by atoms with Gasteiger partial charge >= 0.3 is 0 Å². The van der Waals surface area contributed by atoms with E-state index in [-0.39, 0.29) is 11.2 Å². The van der Waals surface area contributed by atoms with E-state index in [1.165, 1.54) is 18.1 Å². The standard InChI is InChI=1S/C18H16N4O3S/c1-3-13(17(23)21-14-8-10(2)25-22-14)26-18-16-15(19-9-20-18)11-6-4-5-7-12(11)24-16/h4-9,13H,3H2,1-2H3,(H,21,22,23)/t13-/m1/s1. The van der Waals surface area contributed by atoms with Crippen LogP contribution in [0.4, 0.5) is 5.82 Å². The van der Waals surface area contributed by atoms with Crippen molar-refractivity contribution in [2.24, 2.45) is 0 Å². The first-order valence-corrected chi connectivity index (χ1v) is 9.06. The number of carbonyl (C=O) groups is 1. The van der Waals surface area contributed by atoms with Gasteiger partial charge in [0.2, 0.25) is 5.91 Å². The Morgan fingerprint density at radius 1 is 1.31 bits per heavy atom. The number of fused-ring (bicyclic) bond motifs is 3. The Morgan fingerprint density at radius 3 is 2.92 bits per heavy atom. The van der Waals surface area contributed by atoms with E-state index < -0.39 is 0 Å². The maximum Gasteiger partial charge on any atom is 0.239 e. The van der Waals surface area contributed by atoms with Gasteiger partial charge in [0.15, 0.2) is 11.4 Å². The summed E-state index contributed by atoms with van der Waals surface area (Å²) < 4.78 is 10.9. The molecule has 3 heterocycles. The minimum absolute atomic E-state index is 0.159. The summed E-state index contributed by atoms with van der Waals surface area (Å²) in [6.07, 6.45) is 2.12. The highest BCUT2D eigenvalue weighted by atomic mass is 32.2. The molecule has 0 saturated carbocycles. The van der Waals surface area contributed by atoms with Crippen molar-refractivity contribution in [3.8, 4) is 0 Å². The molecule has 0 fully saturated rings. The van der Waals surface area contributed by atoms with Crippen molar-refractivity contribution in [2.45, 2.75) is 30.5 Å². The second kappa shape index (κ2) is 6.80. The SMILES string of the molecule is CC[C@@H](Sc1ncnc2c1oc1ccccc12)C(=O)Nc1cc(C)on1. The van der Waals surface area contributed by atoms with Crippen LogP contribution in [0.5, 0.6) is 0 Å². The molecule has 1 atom stereocenters. The molecule has 3 aromatic heterocycles. The number of hydrogen-bond donors (Lipinski definition) is 1. The molecular formula is C18H16N4O3S. The number of carbonyl (C=O) groups excluding carboxylic acids is 1. The summed E-state index contributed by atoms with van der Waals surface area (Å²) in [6, 6.07) is 9.38. The highest BCUT2D eigenvalue weighted by Crippen LogP contribution is 2.35. The number of rotatable bonds is 5. The van der Waals surface area contributed by atoms with Crippen LogP contribution in [0.3, 0.4) is 0 Å². The van der Waals surface area contributed by atoms with Crippen molar-refractivity contribution in [3.63, 3.8) is 0 Å². The van der Waals surface area contributed by atoms with Crippen LogP contribution < -0.4 is 5.32 Å². The van der Waals surface area contributed by atoms with Gasteiger partial charge in [0.1, 0.15) is 28.2 Å². The Bertz CT molecular complexity index is 1090. The molecule has 0 radical (unpaired) electrons. The maximum atomic E-state index is 12.6. The van der Waals surface area contributed by atoms with Crippen LogP contribution in [0.25, 0.3) is 22.1 Å². The highest BCUT2D eigenvalue weighted by Gasteiger charge is 2.23. The van der Waals surface area contributed by atoms with Gasteiger partial charge < -0.3 is 14.3 Å². The predicted octanol–water partition coefficient (Wildman–Crippen LogP) is 4.18. The van der Waals surface area contributed by atoms with Gasteiger partial charge in [0.05, 0.1) is 5.25 Å².